The predicted molar refractivity (Wildman–Crippen MR) is 77.8 cm³/mol. The van der Waals surface area contributed by atoms with Crippen molar-refractivity contribution in [2.75, 3.05) is 18.0 Å². The van der Waals surface area contributed by atoms with E-state index in [0.29, 0.717) is 0 Å². The minimum atomic E-state index is 0.836. The molecule has 5 rings (SSSR count). The number of piperidine rings is 1. The number of nitrogens with zero attached hydrogens (tertiary/aromatic N) is 6. The molecule has 1 saturated heterocycles. The third-order valence-electron chi connectivity index (χ3n) is 4.48. The smallest absolute Gasteiger partial charge is 0.225 e. The molecule has 4 heterocycles. The number of aromatic nitrogens is 5. The van der Waals surface area contributed by atoms with Crippen molar-refractivity contribution in [3.8, 4) is 11.3 Å². The van der Waals surface area contributed by atoms with Gasteiger partial charge in [0.15, 0.2) is 0 Å². The molecule has 21 heavy (non-hydrogen) atoms. The van der Waals surface area contributed by atoms with Crippen molar-refractivity contribution < 1.29 is 0 Å². The summed E-state index contributed by atoms with van der Waals surface area (Å²) in [6.45, 7) is 2.20. The van der Waals surface area contributed by atoms with Gasteiger partial charge in [-0.15, -0.1) is 0 Å². The molecule has 2 fully saturated rings. The van der Waals surface area contributed by atoms with Crippen LogP contribution in [0.15, 0.2) is 36.8 Å². The molecule has 2 atom stereocenters. The summed E-state index contributed by atoms with van der Waals surface area (Å²) < 4.78 is 1.63. The number of rotatable bonds is 2. The molecule has 1 aliphatic carbocycles. The zero-order valence-electron chi connectivity index (χ0n) is 11.4. The van der Waals surface area contributed by atoms with Gasteiger partial charge in [0.1, 0.15) is 0 Å². The molecule has 0 N–H and O–H groups in total. The molecule has 104 valence electrons. The molecule has 0 bridgehead atoms. The summed E-state index contributed by atoms with van der Waals surface area (Å²) in [5.74, 6) is 2.58. The monoisotopic (exact) mass is 278 g/mol. The highest BCUT2D eigenvalue weighted by Gasteiger charge is 2.45. The lowest BCUT2D eigenvalue weighted by Gasteiger charge is -2.17. The Morgan fingerprint density at radius 3 is 2.86 bits per heavy atom. The zero-order valence-corrected chi connectivity index (χ0v) is 11.4. The van der Waals surface area contributed by atoms with Crippen LogP contribution in [-0.4, -0.2) is 37.9 Å². The summed E-state index contributed by atoms with van der Waals surface area (Å²) in [5, 5.41) is 8.47. The molecule has 6 nitrogen and oxygen atoms in total. The van der Waals surface area contributed by atoms with E-state index in [4.69, 9.17) is 4.98 Å². The summed E-state index contributed by atoms with van der Waals surface area (Å²) in [5.41, 5.74) is 2.87. The van der Waals surface area contributed by atoms with Crippen LogP contribution in [0.25, 0.3) is 16.8 Å². The van der Waals surface area contributed by atoms with Gasteiger partial charge in [0, 0.05) is 31.0 Å². The fraction of sp³-hybridized carbons (Fsp3) is 0.333. The van der Waals surface area contributed by atoms with Crippen molar-refractivity contribution in [2.24, 2.45) is 11.8 Å². The highest BCUT2D eigenvalue weighted by atomic mass is 15.4. The van der Waals surface area contributed by atoms with Gasteiger partial charge in [-0.1, -0.05) is 0 Å². The highest BCUT2D eigenvalue weighted by Crippen LogP contribution is 2.45. The van der Waals surface area contributed by atoms with Crippen LogP contribution in [0.1, 0.15) is 6.42 Å². The lowest BCUT2D eigenvalue weighted by molar-refractivity contribution is 0.788. The summed E-state index contributed by atoms with van der Waals surface area (Å²) in [6.07, 6.45) is 6.76. The Hall–Kier alpha value is -2.50. The first-order valence-corrected chi connectivity index (χ1v) is 7.26. The van der Waals surface area contributed by atoms with Gasteiger partial charge < -0.3 is 4.90 Å². The minimum Gasteiger partial charge on any atom is -0.340 e. The van der Waals surface area contributed by atoms with E-state index >= 15 is 0 Å². The lowest BCUT2D eigenvalue weighted by atomic mass is 10.2. The number of fused-ring (bicyclic) bond motifs is 2. The van der Waals surface area contributed by atoms with E-state index in [1.807, 2.05) is 30.6 Å². The first-order chi connectivity index (χ1) is 10.4. The average molecular weight is 278 g/mol. The van der Waals surface area contributed by atoms with Gasteiger partial charge in [0.2, 0.25) is 5.95 Å². The van der Waals surface area contributed by atoms with Gasteiger partial charge in [-0.2, -0.15) is 14.8 Å². The lowest BCUT2D eigenvalue weighted by Crippen LogP contribution is -2.24. The molecular weight excluding hydrogens is 264 g/mol. The molecule has 0 spiro atoms. The van der Waals surface area contributed by atoms with Crippen LogP contribution in [0.3, 0.4) is 0 Å². The van der Waals surface area contributed by atoms with Gasteiger partial charge in [-0.25, -0.2) is 9.97 Å². The predicted octanol–water partition coefficient (Wildman–Crippen LogP) is 1.64. The van der Waals surface area contributed by atoms with Gasteiger partial charge in [0.25, 0.3) is 0 Å². The molecule has 2 unspecified atom stereocenters. The largest absolute Gasteiger partial charge is 0.340 e. The van der Waals surface area contributed by atoms with Crippen LogP contribution < -0.4 is 4.90 Å². The van der Waals surface area contributed by atoms with Crippen molar-refractivity contribution in [2.45, 2.75) is 6.42 Å². The van der Waals surface area contributed by atoms with Crippen LogP contribution >= 0.6 is 0 Å². The summed E-state index contributed by atoms with van der Waals surface area (Å²) in [4.78, 5) is 11.5. The average Bonchev–Trinajstić information content (AvgIpc) is 2.98. The highest BCUT2D eigenvalue weighted by molar-refractivity contribution is 5.77. The molecule has 1 saturated carbocycles. The molecule has 0 aromatic carbocycles. The first-order valence-electron chi connectivity index (χ1n) is 7.26. The maximum absolute atomic E-state index is 4.74. The molecule has 2 aliphatic rings. The van der Waals surface area contributed by atoms with Gasteiger partial charge in [0.05, 0.1) is 17.4 Å². The Morgan fingerprint density at radius 2 is 1.95 bits per heavy atom. The second-order valence-corrected chi connectivity index (χ2v) is 5.86. The van der Waals surface area contributed by atoms with E-state index in [1.54, 1.807) is 10.8 Å². The van der Waals surface area contributed by atoms with Gasteiger partial charge in [-0.3, -0.25) is 0 Å². The Bertz CT molecular complexity index is 816. The Balaban J connectivity index is 1.57. The molecule has 6 heteroatoms. The SMILES string of the molecule is c1cnn2ncc(-c3ccnc(N4CC5CC5C4)n3)c2c1. The van der Waals surface area contributed by atoms with Crippen molar-refractivity contribution in [1.29, 1.82) is 0 Å². The van der Waals surface area contributed by atoms with E-state index in [0.717, 1.165) is 47.6 Å². The molecule has 0 amide bonds. The number of hydrogen-bond acceptors (Lipinski definition) is 5. The van der Waals surface area contributed by atoms with Gasteiger partial charge in [-0.05, 0) is 36.5 Å². The summed E-state index contributed by atoms with van der Waals surface area (Å²) in [7, 11) is 0. The van der Waals surface area contributed by atoms with Crippen molar-refractivity contribution in [1.82, 2.24) is 24.8 Å². The van der Waals surface area contributed by atoms with E-state index in [2.05, 4.69) is 20.1 Å². The van der Waals surface area contributed by atoms with E-state index in [9.17, 15) is 0 Å². The topological polar surface area (TPSA) is 59.2 Å². The Labute approximate surface area is 121 Å². The van der Waals surface area contributed by atoms with Crippen LogP contribution in [0.2, 0.25) is 0 Å². The van der Waals surface area contributed by atoms with Crippen molar-refractivity contribution in [3.63, 3.8) is 0 Å². The summed E-state index contributed by atoms with van der Waals surface area (Å²) >= 11 is 0. The normalized spacial score (nSPS) is 23.5. The molecular formula is C15H14N6. The molecule has 0 radical (unpaired) electrons. The second-order valence-electron chi connectivity index (χ2n) is 5.86. The van der Waals surface area contributed by atoms with Crippen molar-refractivity contribution >= 4 is 11.5 Å². The Morgan fingerprint density at radius 1 is 1.05 bits per heavy atom. The third-order valence-corrected chi connectivity index (χ3v) is 4.48. The number of anilines is 1. The quantitative estimate of drug-likeness (QED) is 0.713. The van der Waals surface area contributed by atoms with Crippen LogP contribution in [0.5, 0.6) is 0 Å². The van der Waals surface area contributed by atoms with E-state index in [1.165, 1.54) is 6.42 Å². The fourth-order valence-corrected chi connectivity index (χ4v) is 3.24. The summed E-state index contributed by atoms with van der Waals surface area (Å²) in [6, 6.07) is 5.85. The first kappa shape index (κ1) is 11.2. The van der Waals surface area contributed by atoms with Crippen molar-refractivity contribution in [3.05, 3.63) is 36.8 Å². The van der Waals surface area contributed by atoms with Crippen LogP contribution in [0, 0.1) is 11.8 Å². The molecule has 3 aromatic heterocycles. The zero-order chi connectivity index (χ0) is 13.8. The van der Waals surface area contributed by atoms with Gasteiger partial charge >= 0.3 is 0 Å². The second kappa shape index (κ2) is 4.00. The Kier molecular flexibility index (Phi) is 2.13. The maximum Gasteiger partial charge on any atom is 0.225 e. The maximum atomic E-state index is 4.74. The standard InChI is InChI=1S/C15H14N6/c1-2-14-12(7-18-21(14)17-4-1)13-3-5-16-15(19-13)20-8-10-6-11(10)9-20/h1-5,7,10-11H,6,8-9H2. The number of hydrogen-bond donors (Lipinski definition) is 0. The van der Waals surface area contributed by atoms with E-state index < -0.39 is 0 Å². The minimum absolute atomic E-state index is 0.836. The molecule has 3 aromatic rings. The van der Waals surface area contributed by atoms with E-state index in [-0.39, 0.29) is 0 Å². The fourth-order valence-electron chi connectivity index (χ4n) is 3.24. The van der Waals surface area contributed by atoms with Crippen LogP contribution in [0.4, 0.5) is 5.95 Å². The van der Waals surface area contributed by atoms with Crippen LogP contribution in [-0.2, 0) is 0 Å². The third kappa shape index (κ3) is 1.72. The molecule has 1 aliphatic heterocycles.